The number of benzene rings is 1. The number of hydrogen-bond acceptors (Lipinski definition) is 4. The molecule has 0 radical (unpaired) electrons. The first-order valence-corrected chi connectivity index (χ1v) is 8.14. The smallest absolute Gasteiger partial charge is 0.354 e. The van der Waals surface area contributed by atoms with E-state index in [2.05, 4.69) is 9.46 Å². The van der Waals surface area contributed by atoms with Crippen molar-refractivity contribution in [2.75, 3.05) is 11.8 Å². The summed E-state index contributed by atoms with van der Waals surface area (Å²) in [5.74, 6) is -0.608. The Labute approximate surface area is 133 Å². The highest BCUT2D eigenvalue weighted by molar-refractivity contribution is 7.92. The number of methoxy groups -OCH3 is 1. The number of nitrogens with zero attached hydrogens (tertiary/aromatic N) is 1. The number of carbonyl (C=O) groups is 1. The normalized spacial score (nSPS) is 11.3. The van der Waals surface area contributed by atoms with Crippen LogP contribution in [0, 0.1) is 6.92 Å². The first-order valence-electron chi connectivity index (χ1n) is 6.28. The highest BCUT2D eigenvalue weighted by Gasteiger charge is 2.21. The van der Waals surface area contributed by atoms with Gasteiger partial charge in [0.05, 0.1) is 12.8 Å². The molecule has 1 N–H and O–H groups in total. The van der Waals surface area contributed by atoms with E-state index in [1.54, 1.807) is 26.1 Å². The van der Waals surface area contributed by atoms with Crippen LogP contribution in [0.5, 0.6) is 0 Å². The molecule has 0 bridgehead atoms. The molecule has 0 fully saturated rings. The molecule has 22 heavy (non-hydrogen) atoms. The second kappa shape index (κ2) is 6.02. The lowest BCUT2D eigenvalue weighted by molar-refractivity contribution is 0.0590. The van der Waals surface area contributed by atoms with E-state index in [-0.39, 0.29) is 10.6 Å². The predicted octanol–water partition coefficient (Wildman–Crippen LogP) is 2.57. The van der Waals surface area contributed by atoms with Crippen LogP contribution >= 0.6 is 11.6 Å². The summed E-state index contributed by atoms with van der Waals surface area (Å²) in [5, 5.41) is 0.423. The number of halogens is 1. The van der Waals surface area contributed by atoms with Gasteiger partial charge in [-0.3, -0.25) is 4.72 Å². The molecule has 0 aliphatic heterocycles. The Hall–Kier alpha value is -1.99. The van der Waals surface area contributed by atoms with Crippen LogP contribution in [0.2, 0.25) is 5.02 Å². The Kier molecular flexibility index (Phi) is 4.48. The van der Waals surface area contributed by atoms with Gasteiger partial charge in [0.25, 0.3) is 10.0 Å². The molecule has 0 saturated heterocycles. The van der Waals surface area contributed by atoms with Gasteiger partial charge in [0.15, 0.2) is 0 Å². The molecule has 1 aromatic carbocycles. The third-order valence-corrected chi connectivity index (χ3v) is 4.70. The Bertz CT molecular complexity index is 827. The Morgan fingerprint density at radius 1 is 1.32 bits per heavy atom. The summed E-state index contributed by atoms with van der Waals surface area (Å²) < 4.78 is 33.3. The van der Waals surface area contributed by atoms with Gasteiger partial charge in [-0.05, 0) is 30.7 Å². The van der Waals surface area contributed by atoms with Crippen LogP contribution in [0.1, 0.15) is 16.1 Å². The second-order valence-corrected chi connectivity index (χ2v) is 6.85. The highest BCUT2D eigenvalue weighted by atomic mass is 35.5. The molecule has 1 heterocycles. The minimum atomic E-state index is -3.83. The fourth-order valence-corrected chi connectivity index (χ4v) is 3.26. The van der Waals surface area contributed by atoms with Crippen LogP contribution in [0.25, 0.3) is 0 Å². The third-order valence-electron chi connectivity index (χ3n) is 3.13. The Balaban J connectivity index is 2.39. The van der Waals surface area contributed by atoms with Gasteiger partial charge in [-0.1, -0.05) is 17.7 Å². The first-order chi connectivity index (χ1) is 10.2. The van der Waals surface area contributed by atoms with Crippen molar-refractivity contribution in [2.24, 2.45) is 7.05 Å². The van der Waals surface area contributed by atoms with Crippen molar-refractivity contribution in [3.8, 4) is 0 Å². The fourth-order valence-electron chi connectivity index (χ4n) is 1.90. The van der Waals surface area contributed by atoms with Crippen LogP contribution in [-0.4, -0.2) is 26.1 Å². The second-order valence-electron chi connectivity index (χ2n) is 4.73. The molecule has 0 aliphatic rings. The number of hydrogen-bond donors (Lipinski definition) is 1. The van der Waals surface area contributed by atoms with Gasteiger partial charge in [-0.2, -0.15) is 0 Å². The molecule has 8 heteroatoms. The predicted molar refractivity (Wildman–Crippen MR) is 83.8 cm³/mol. The zero-order valence-corrected chi connectivity index (χ0v) is 13.8. The summed E-state index contributed by atoms with van der Waals surface area (Å²) in [5.41, 5.74) is 1.26. The minimum absolute atomic E-state index is 0.0326. The molecule has 1 aromatic heterocycles. The van der Waals surface area contributed by atoms with Gasteiger partial charge in [0.2, 0.25) is 0 Å². The van der Waals surface area contributed by atoms with Gasteiger partial charge in [-0.15, -0.1) is 0 Å². The minimum Gasteiger partial charge on any atom is -0.464 e. The van der Waals surface area contributed by atoms with Crippen LogP contribution in [-0.2, 0) is 21.8 Å². The maximum atomic E-state index is 12.4. The third kappa shape index (κ3) is 3.26. The molecule has 6 nitrogen and oxygen atoms in total. The van der Waals surface area contributed by atoms with E-state index in [1.807, 2.05) is 0 Å². The van der Waals surface area contributed by atoms with Crippen LogP contribution in [0.4, 0.5) is 5.69 Å². The molecule has 0 unspecified atom stereocenters. The van der Waals surface area contributed by atoms with E-state index < -0.39 is 16.0 Å². The number of rotatable bonds is 4. The maximum Gasteiger partial charge on any atom is 0.354 e. The number of aryl methyl sites for hydroxylation is 2. The van der Waals surface area contributed by atoms with Crippen LogP contribution in [0.3, 0.4) is 0 Å². The van der Waals surface area contributed by atoms with Crippen molar-refractivity contribution < 1.29 is 17.9 Å². The quantitative estimate of drug-likeness (QED) is 0.866. The molecular weight excluding hydrogens is 328 g/mol. The number of esters is 1. The van der Waals surface area contributed by atoms with E-state index in [1.165, 1.54) is 30.0 Å². The molecule has 0 amide bonds. The lowest BCUT2D eigenvalue weighted by Crippen LogP contribution is -2.13. The number of carbonyl (C=O) groups excluding carboxylic acids is 1. The van der Waals surface area contributed by atoms with Gasteiger partial charge < -0.3 is 9.30 Å². The Morgan fingerprint density at radius 2 is 2.00 bits per heavy atom. The van der Waals surface area contributed by atoms with Crippen molar-refractivity contribution in [1.82, 2.24) is 4.57 Å². The summed E-state index contributed by atoms with van der Waals surface area (Å²) in [4.78, 5) is 11.5. The summed E-state index contributed by atoms with van der Waals surface area (Å²) in [6.45, 7) is 1.76. The number of aromatic nitrogens is 1. The van der Waals surface area contributed by atoms with E-state index in [4.69, 9.17) is 11.6 Å². The fraction of sp³-hybridized carbons (Fsp3) is 0.214. The molecule has 0 atom stereocenters. The number of anilines is 1. The number of ether oxygens (including phenoxy) is 1. The zero-order valence-electron chi connectivity index (χ0n) is 12.3. The summed E-state index contributed by atoms with van der Waals surface area (Å²) in [7, 11) is -1.03. The standard InChI is InChI=1S/C14H15ClN2O4S/c1-9-4-5-10(15)6-12(9)16-22(19,20)11-7-13(14(18)21-3)17(2)8-11/h4-8,16H,1-3H3. The molecule has 2 rings (SSSR count). The highest BCUT2D eigenvalue weighted by Crippen LogP contribution is 2.24. The van der Waals surface area contributed by atoms with Gasteiger partial charge >= 0.3 is 5.97 Å². The van der Waals surface area contributed by atoms with E-state index >= 15 is 0 Å². The summed E-state index contributed by atoms with van der Waals surface area (Å²) >= 11 is 5.88. The lowest BCUT2D eigenvalue weighted by atomic mass is 10.2. The largest absolute Gasteiger partial charge is 0.464 e. The molecular formula is C14H15ClN2O4S. The van der Waals surface area contributed by atoms with Crippen LogP contribution < -0.4 is 4.72 Å². The molecule has 0 aliphatic carbocycles. The summed E-state index contributed by atoms with van der Waals surface area (Å²) in [6.07, 6.45) is 1.34. The first kappa shape index (κ1) is 16.4. The molecule has 118 valence electrons. The van der Waals surface area contributed by atoms with E-state index in [0.717, 1.165) is 5.56 Å². The van der Waals surface area contributed by atoms with Crippen molar-refractivity contribution in [3.63, 3.8) is 0 Å². The topological polar surface area (TPSA) is 77.4 Å². The summed E-state index contributed by atoms with van der Waals surface area (Å²) in [6, 6.07) is 6.17. The van der Waals surface area contributed by atoms with Crippen molar-refractivity contribution >= 4 is 33.3 Å². The average Bonchev–Trinajstić information content (AvgIpc) is 2.85. The Morgan fingerprint density at radius 3 is 2.64 bits per heavy atom. The van der Waals surface area contributed by atoms with E-state index in [9.17, 15) is 13.2 Å². The number of nitrogens with one attached hydrogen (secondary N) is 1. The molecule has 0 spiro atoms. The van der Waals surface area contributed by atoms with Crippen molar-refractivity contribution in [2.45, 2.75) is 11.8 Å². The molecule has 2 aromatic rings. The lowest BCUT2D eigenvalue weighted by Gasteiger charge is -2.09. The van der Waals surface area contributed by atoms with Crippen molar-refractivity contribution in [1.29, 1.82) is 0 Å². The monoisotopic (exact) mass is 342 g/mol. The van der Waals surface area contributed by atoms with Gasteiger partial charge in [0.1, 0.15) is 10.6 Å². The van der Waals surface area contributed by atoms with Gasteiger partial charge in [0, 0.05) is 18.3 Å². The maximum absolute atomic E-state index is 12.4. The van der Waals surface area contributed by atoms with E-state index in [0.29, 0.717) is 10.7 Å². The van der Waals surface area contributed by atoms with Gasteiger partial charge in [-0.25, -0.2) is 13.2 Å². The molecule has 0 saturated carbocycles. The van der Waals surface area contributed by atoms with Crippen LogP contribution in [0.15, 0.2) is 35.4 Å². The van der Waals surface area contributed by atoms with Crippen molar-refractivity contribution in [3.05, 3.63) is 46.7 Å². The zero-order chi connectivity index (χ0) is 16.5. The SMILES string of the molecule is COC(=O)c1cc(S(=O)(=O)Nc2cc(Cl)ccc2C)cn1C. The number of sulfonamides is 1. The average molecular weight is 343 g/mol.